The molecule has 0 atom stereocenters. The number of rotatable bonds is 4. The first-order chi connectivity index (χ1) is 14.4. The van der Waals surface area contributed by atoms with Crippen LogP contribution in [0.15, 0.2) is 24.5 Å². The molecule has 156 valence electrons. The van der Waals surface area contributed by atoms with Crippen LogP contribution in [0.2, 0.25) is 0 Å². The second-order valence-electron chi connectivity index (χ2n) is 7.32. The van der Waals surface area contributed by atoms with E-state index in [9.17, 15) is 4.79 Å². The Morgan fingerprint density at radius 2 is 1.97 bits per heavy atom. The number of aryl methyl sites for hydroxylation is 1. The van der Waals surface area contributed by atoms with Crippen molar-refractivity contribution in [2.24, 2.45) is 0 Å². The zero-order chi connectivity index (χ0) is 21.4. The Hall–Kier alpha value is -3.62. The van der Waals surface area contributed by atoms with Gasteiger partial charge in [0.1, 0.15) is 34.8 Å². The fourth-order valence-electron chi connectivity index (χ4n) is 3.53. The highest BCUT2D eigenvalue weighted by Gasteiger charge is 2.24. The van der Waals surface area contributed by atoms with Crippen molar-refractivity contribution < 1.29 is 14.3 Å². The summed E-state index contributed by atoms with van der Waals surface area (Å²) in [6.07, 6.45) is 1.41. The van der Waals surface area contributed by atoms with Gasteiger partial charge in [-0.25, -0.2) is 9.97 Å². The van der Waals surface area contributed by atoms with Gasteiger partial charge < -0.3 is 25.0 Å². The molecule has 30 heavy (non-hydrogen) atoms. The summed E-state index contributed by atoms with van der Waals surface area (Å²) in [7, 11) is 3.41. The summed E-state index contributed by atoms with van der Waals surface area (Å²) in [5.74, 6) is 2.57. The van der Waals surface area contributed by atoms with Gasteiger partial charge in [-0.2, -0.15) is 4.98 Å². The van der Waals surface area contributed by atoms with Crippen molar-refractivity contribution >= 4 is 28.4 Å². The normalized spacial score (nSPS) is 14.3. The first-order valence-corrected chi connectivity index (χ1v) is 9.61. The van der Waals surface area contributed by atoms with Crippen LogP contribution in [0.5, 0.6) is 17.4 Å². The number of aromatic nitrogens is 3. The fraction of sp³-hybridized carbons (Fsp3) is 0.333. The fourth-order valence-corrected chi connectivity index (χ4v) is 3.53. The second-order valence-corrected chi connectivity index (χ2v) is 7.32. The predicted octanol–water partition coefficient (Wildman–Crippen LogP) is 2.30. The van der Waals surface area contributed by atoms with Gasteiger partial charge in [0, 0.05) is 31.8 Å². The average Bonchev–Trinajstić information content (AvgIpc) is 2.73. The van der Waals surface area contributed by atoms with Crippen LogP contribution in [-0.2, 0) is 4.79 Å². The van der Waals surface area contributed by atoms with Crippen LogP contribution in [-0.4, -0.2) is 59.6 Å². The molecule has 9 heteroatoms. The number of anilines is 2. The van der Waals surface area contributed by atoms with E-state index in [0.717, 1.165) is 11.1 Å². The molecule has 1 saturated heterocycles. The number of hydrogen-bond donors (Lipinski definition) is 1. The maximum absolute atomic E-state index is 12.2. The lowest BCUT2D eigenvalue weighted by Gasteiger charge is -2.33. The highest BCUT2D eigenvalue weighted by Crippen LogP contribution is 2.38. The summed E-state index contributed by atoms with van der Waals surface area (Å²) >= 11 is 0. The van der Waals surface area contributed by atoms with Crippen LogP contribution in [0.25, 0.3) is 10.9 Å². The average molecular weight is 408 g/mol. The number of pyridine rings is 1. The van der Waals surface area contributed by atoms with Crippen molar-refractivity contribution in [3.8, 4) is 17.4 Å². The molecule has 9 nitrogen and oxygen atoms in total. The molecule has 1 aromatic carbocycles. The predicted molar refractivity (Wildman–Crippen MR) is 114 cm³/mol. The monoisotopic (exact) mass is 408 g/mol. The molecule has 4 rings (SSSR count). The van der Waals surface area contributed by atoms with Gasteiger partial charge in [-0.15, -0.1) is 0 Å². The Balaban J connectivity index is 1.84. The van der Waals surface area contributed by atoms with Crippen LogP contribution in [0.3, 0.4) is 0 Å². The SMILES string of the molecule is COc1ccc(C)c(Oc2nc(N3CCN(C)C(=O)C3)cc3ncnc(N)c23)c1C. The number of piperazine rings is 1. The quantitative estimate of drug-likeness (QED) is 0.701. The van der Waals surface area contributed by atoms with Crippen molar-refractivity contribution in [2.45, 2.75) is 13.8 Å². The maximum atomic E-state index is 12.2. The van der Waals surface area contributed by atoms with Crippen molar-refractivity contribution in [1.29, 1.82) is 0 Å². The molecule has 3 aromatic rings. The van der Waals surface area contributed by atoms with E-state index in [2.05, 4.69) is 9.97 Å². The number of likely N-dealkylation sites (N-methyl/N-ethyl adjacent to an activating group) is 1. The number of amides is 1. The third-order valence-electron chi connectivity index (χ3n) is 5.35. The summed E-state index contributed by atoms with van der Waals surface area (Å²) in [5.41, 5.74) is 8.52. The highest BCUT2D eigenvalue weighted by molar-refractivity contribution is 5.94. The first kappa shape index (κ1) is 19.7. The standard InChI is InChI=1S/C21H24N6O3/c1-12-5-6-15(29-4)13(2)19(12)30-21-18-14(23-11-24-20(18)22)9-16(25-21)27-8-7-26(3)17(28)10-27/h5-6,9,11H,7-8,10H2,1-4H3,(H2,22,23,24). The summed E-state index contributed by atoms with van der Waals surface area (Å²) in [6, 6.07) is 5.63. The summed E-state index contributed by atoms with van der Waals surface area (Å²) in [6.45, 7) is 5.40. The lowest BCUT2D eigenvalue weighted by molar-refractivity contribution is -0.129. The van der Waals surface area contributed by atoms with Gasteiger partial charge in [0.25, 0.3) is 0 Å². The lowest BCUT2D eigenvalue weighted by atomic mass is 10.1. The second kappa shape index (κ2) is 7.66. The van der Waals surface area contributed by atoms with Crippen LogP contribution in [0.1, 0.15) is 11.1 Å². The number of carbonyl (C=O) groups is 1. The molecule has 1 aliphatic heterocycles. The number of methoxy groups -OCH3 is 1. The highest BCUT2D eigenvalue weighted by atomic mass is 16.5. The molecule has 1 aliphatic rings. The van der Waals surface area contributed by atoms with E-state index in [0.29, 0.717) is 47.2 Å². The zero-order valence-electron chi connectivity index (χ0n) is 17.5. The van der Waals surface area contributed by atoms with E-state index in [1.54, 1.807) is 19.1 Å². The minimum absolute atomic E-state index is 0.0345. The maximum Gasteiger partial charge on any atom is 0.241 e. The van der Waals surface area contributed by atoms with E-state index in [-0.39, 0.29) is 18.3 Å². The molecule has 2 aromatic heterocycles. The molecule has 0 unspecified atom stereocenters. The molecule has 0 bridgehead atoms. The Morgan fingerprint density at radius 1 is 1.17 bits per heavy atom. The molecule has 1 fully saturated rings. The molecule has 3 heterocycles. The van der Waals surface area contributed by atoms with Crippen LogP contribution < -0.4 is 20.1 Å². The Labute approximate surface area is 174 Å². The number of carbonyl (C=O) groups excluding carboxylic acids is 1. The summed E-state index contributed by atoms with van der Waals surface area (Å²) < 4.78 is 11.7. The van der Waals surface area contributed by atoms with Gasteiger partial charge in [0.05, 0.1) is 19.2 Å². The number of nitrogen functional groups attached to an aromatic ring is 1. The molecule has 1 amide bonds. The third-order valence-corrected chi connectivity index (χ3v) is 5.35. The first-order valence-electron chi connectivity index (χ1n) is 9.61. The lowest BCUT2D eigenvalue weighted by Crippen LogP contribution is -2.48. The van der Waals surface area contributed by atoms with Crippen molar-refractivity contribution in [1.82, 2.24) is 19.9 Å². The minimum Gasteiger partial charge on any atom is -0.496 e. The van der Waals surface area contributed by atoms with Gasteiger partial charge in [-0.1, -0.05) is 6.07 Å². The summed E-state index contributed by atoms with van der Waals surface area (Å²) in [5, 5.41) is 0.531. The number of fused-ring (bicyclic) bond motifs is 1. The van der Waals surface area contributed by atoms with Crippen LogP contribution >= 0.6 is 0 Å². The van der Waals surface area contributed by atoms with Crippen molar-refractivity contribution in [3.05, 3.63) is 35.7 Å². The van der Waals surface area contributed by atoms with Gasteiger partial charge >= 0.3 is 0 Å². The zero-order valence-corrected chi connectivity index (χ0v) is 17.5. The molecule has 0 spiro atoms. The number of hydrogen-bond acceptors (Lipinski definition) is 8. The van der Waals surface area contributed by atoms with Crippen molar-refractivity contribution in [2.75, 3.05) is 44.4 Å². The minimum atomic E-state index is 0.0345. The number of nitrogens with zero attached hydrogens (tertiary/aromatic N) is 5. The number of ether oxygens (including phenoxy) is 2. The Bertz CT molecular complexity index is 1130. The van der Waals surface area contributed by atoms with E-state index in [1.807, 2.05) is 36.9 Å². The van der Waals surface area contributed by atoms with E-state index >= 15 is 0 Å². The summed E-state index contributed by atoms with van der Waals surface area (Å²) in [4.78, 5) is 29.0. The van der Waals surface area contributed by atoms with E-state index in [1.165, 1.54) is 6.33 Å². The molecule has 0 aliphatic carbocycles. The van der Waals surface area contributed by atoms with Crippen molar-refractivity contribution in [3.63, 3.8) is 0 Å². The smallest absolute Gasteiger partial charge is 0.241 e. The van der Waals surface area contributed by atoms with E-state index in [4.69, 9.17) is 20.2 Å². The Kier molecular flexibility index (Phi) is 5.03. The third kappa shape index (κ3) is 3.42. The Morgan fingerprint density at radius 3 is 2.70 bits per heavy atom. The number of benzene rings is 1. The van der Waals surface area contributed by atoms with Crippen LogP contribution in [0.4, 0.5) is 11.6 Å². The molecule has 0 saturated carbocycles. The molecule has 2 N–H and O–H groups in total. The van der Waals surface area contributed by atoms with E-state index < -0.39 is 0 Å². The largest absolute Gasteiger partial charge is 0.496 e. The van der Waals surface area contributed by atoms with Gasteiger partial charge in [0.15, 0.2) is 0 Å². The molecular formula is C21H24N6O3. The topological polar surface area (TPSA) is 107 Å². The van der Waals surface area contributed by atoms with Gasteiger partial charge in [-0.3, -0.25) is 4.79 Å². The van der Waals surface area contributed by atoms with Gasteiger partial charge in [-0.05, 0) is 25.5 Å². The number of nitrogens with two attached hydrogens (primary N) is 1. The van der Waals surface area contributed by atoms with Crippen LogP contribution in [0, 0.1) is 13.8 Å². The molecular weight excluding hydrogens is 384 g/mol. The molecule has 0 radical (unpaired) electrons. The van der Waals surface area contributed by atoms with Gasteiger partial charge in [0.2, 0.25) is 11.8 Å².